The summed E-state index contributed by atoms with van der Waals surface area (Å²) in [7, 11) is 1.95. The molecule has 1 unspecified atom stereocenters. The number of likely N-dealkylation sites (tertiary alicyclic amines) is 1. The molecule has 1 aromatic rings. The highest BCUT2D eigenvalue weighted by atomic mass is 19.4. The molecule has 116 valence electrons. The van der Waals surface area contributed by atoms with Crippen LogP contribution < -0.4 is 5.32 Å². The zero-order valence-corrected chi connectivity index (χ0v) is 11.6. The van der Waals surface area contributed by atoms with E-state index in [4.69, 9.17) is 4.74 Å². The Labute approximate surface area is 120 Å². The van der Waals surface area contributed by atoms with E-state index >= 15 is 0 Å². The van der Waals surface area contributed by atoms with E-state index < -0.39 is 17.8 Å². The van der Waals surface area contributed by atoms with Crippen LogP contribution in [0.1, 0.15) is 18.4 Å². The number of hydrogen-bond acceptors (Lipinski definition) is 3. The van der Waals surface area contributed by atoms with Gasteiger partial charge < -0.3 is 9.64 Å². The van der Waals surface area contributed by atoms with Crippen LogP contribution in [0.2, 0.25) is 0 Å². The average molecular weight is 302 g/mol. The minimum absolute atomic E-state index is 0.182. The van der Waals surface area contributed by atoms with Gasteiger partial charge in [-0.15, -0.1) is 0 Å². The minimum atomic E-state index is -4.38. The summed E-state index contributed by atoms with van der Waals surface area (Å²) in [4.78, 5) is 13.8. The Morgan fingerprint density at radius 1 is 1.33 bits per heavy atom. The lowest BCUT2D eigenvalue weighted by molar-refractivity contribution is -0.137. The lowest BCUT2D eigenvalue weighted by atomic mass is 10.1. The topological polar surface area (TPSA) is 41.6 Å². The predicted octanol–water partition coefficient (Wildman–Crippen LogP) is 3.35. The summed E-state index contributed by atoms with van der Waals surface area (Å²) in [6.45, 7) is 1.64. The number of nitrogens with one attached hydrogen (secondary N) is 1. The average Bonchev–Trinajstić information content (AvgIpc) is 2.38. The number of ether oxygens (including phenoxy) is 1. The van der Waals surface area contributed by atoms with Crippen LogP contribution in [0.15, 0.2) is 24.3 Å². The van der Waals surface area contributed by atoms with Crippen molar-refractivity contribution < 1.29 is 22.7 Å². The highest BCUT2D eigenvalue weighted by molar-refractivity contribution is 5.84. The number of alkyl halides is 3. The lowest BCUT2D eigenvalue weighted by Crippen LogP contribution is -2.38. The second-order valence-corrected chi connectivity index (χ2v) is 5.13. The summed E-state index contributed by atoms with van der Waals surface area (Å²) in [5, 5.41) is 2.44. The first-order valence-corrected chi connectivity index (χ1v) is 6.68. The van der Waals surface area contributed by atoms with Crippen LogP contribution >= 0.6 is 0 Å². The molecule has 21 heavy (non-hydrogen) atoms. The largest absolute Gasteiger partial charge is 0.445 e. The van der Waals surface area contributed by atoms with Crippen LogP contribution in [-0.2, 0) is 10.9 Å². The number of nitrogens with zero attached hydrogens (tertiary/aromatic N) is 1. The van der Waals surface area contributed by atoms with Crippen molar-refractivity contribution in [2.45, 2.75) is 25.1 Å². The van der Waals surface area contributed by atoms with E-state index in [1.54, 1.807) is 0 Å². The molecule has 7 heteroatoms. The smallest absolute Gasteiger partial charge is 0.416 e. The molecule has 1 atom stereocenters. The summed E-state index contributed by atoms with van der Waals surface area (Å²) in [6, 6.07) is 4.25. The van der Waals surface area contributed by atoms with E-state index in [1.807, 2.05) is 7.05 Å². The van der Waals surface area contributed by atoms with Crippen LogP contribution in [0.25, 0.3) is 0 Å². The first kappa shape index (κ1) is 15.6. The maximum Gasteiger partial charge on any atom is 0.416 e. The molecule has 0 aliphatic carbocycles. The SMILES string of the molecule is CN1CCCC(OC(=O)Nc2ccc(C(F)(F)F)cc2)C1. The Balaban J connectivity index is 1.87. The molecule has 1 N–H and O–H groups in total. The van der Waals surface area contributed by atoms with E-state index in [0.29, 0.717) is 6.54 Å². The van der Waals surface area contributed by atoms with Crippen LogP contribution in [0.3, 0.4) is 0 Å². The fourth-order valence-electron chi connectivity index (χ4n) is 2.26. The lowest BCUT2D eigenvalue weighted by Gasteiger charge is -2.29. The maximum atomic E-state index is 12.4. The van der Waals surface area contributed by atoms with Crippen LogP contribution in [-0.4, -0.2) is 37.2 Å². The Morgan fingerprint density at radius 2 is 2.00 bits per heavy atom. The summed E-state index contributed by atoms with van der Waals surface area (Å²) < 4.78 is 42.5. The third kappa shape index (κ3) is 4.63. The predicted molar refractivity (Wildman–Crippen MR) is 72.1 cm³/mol. The number of rotatable bonds is 2. The Bertz CT molecular complexity index is 488. The third-order valence-corrected chi connectivity index (χ3v) is 3.31. The molecule has 4 nitrogen and oxygen atoms in total. The van der Waals surface area contributed by atoms with E-state index in [2.05, 4.69) is 10.2 Å². The van der Waals surface area contributed by atoms with Gasteiger partial charge in [-0.3, -0.25) is 5.32 Å². The molecule has 0 aromatic heterocycles. The number of amides is 1. The van der Waals surface area contributed by atoms with Gasteiger partial charge in [-0.2, -0.15) is 13.2 Å². The standard InChI is InChI=1S/C14H17F3N2O2/c1-19-8-2-3-12(9-19)21-13(20)18-11-6-4-10(5-7-11)14(15,16)17/h4-7,12H,2-3,8-9H2,1H3,(H,18,20). The molecule has 1 amide bonds. The van der Waals surface area contributed by atoms with Crippen molar-refractivity contribution in [3.05, 3.63) is 29.8 Å². The number of hydrogen-bond donors (Lipinski definition) is 1. The number of anilines is 1. The molecule has 1 heterocycles. The molecule has 0 saturated carbocycles. The fourth-order valence-corrected chi connectivity index (χ4v) is 2.26. The molecule has 1 aliphatic rings. The second-order valence-electron chi connectivity index (χ2n) is 5.13. The second kappa shape index (κ2) is 6.34. The highest BCUT2D eigenvalue weighted by Gasteiger charge is 2.30. The van der Waals surface area contributed by atoms with Gasteiger partial charge in [0.25, 0.3) is 0 Å². The summed E-state index contributed by atoms with van der Waals surface area (Å²) in [5.74, 6) is 0. The minimum Gasteiger partial charge on any atom is -0.445 e. The van der Waals surface area contributed by atoms with Gasteiger partial charge in [0.2, 0.25) is 0 Å². The Kier molecular flexibility index (Phi) is 4.72. The molecule has 0 spiro atoms. The molecule has 0 bridgehead atoms. The number of benzene rings is 1. The summed E-state index contributed by atoms with van der Waals surface area (Å²) in [5.41, 5.74) is -0.479. The van der Waals surface area contributed by atoms with Crippen molar-refractivity contribution in [1.82, 2.24) is 4.90 Å². The monoisotopic (exact) mass is 302 g/mol. The van der Waals surface area contributed by atoms with Gasteiger partial charge in [-0.1, -0.05) is 0 Å². The van der Waals surface area contributed by atoms with Crippen molar-refractivity contribution in [3.8, 4) is 0 Å². The fraction of sp³-hybridized carbons (Fsp3) is 0.500. The van der Waals surface area contributed by atoms with Crippen LogP contribution in [0.5, 0.6) is 0 Å². The molecule has 1 saturated heterocycles. The number of likely N-dealkylation sites (N-methyl/N-ethyl adjacent to an activating group) is 1. The first-order chi connectivity index (χ1) is 9.84. The molecular formula is C14H17F3N2O2. The molecule has 1 aliphatic heterocycles. The quantitative estimate of drug-likeness (QED) is 0.911. The maximum absolute atomic E-state index is 12.4. The van der Waals surface area contributed by atoms with Crippen molar-refractivity contribution in [1.29, 1.82) is 0 Å². The summed E-state index contributed by atoms with van der Waals surface area (Å²) in [6.07, 6.45) is -3.46. The van der Waals surface area contributed by atoms with E-state index in [9.17, 15) is 18.0 Å². The first-order valence-electron chi connectivity index (χ1n) is 6.68. The molecule has 2 rings (SSSR count). The highest BCUT2D eigenvalue weighted by Crippen LogP contribution is 2.29. The van der Waals surface area contributed by atoms with Gasteiger partial charge in [0.1, 0.15) is 6.10 Å². The van der Waals surface area contributed by atoms with Crippen molar-refractivity contribution in [2.75, 3.05) is 25.5 Å². The number of halogens is 3. The van der Waals surface area contributed by atoms with Crippen LogP contribution in [0.4, 0.5) is 23.7 Å². The molecule has 1 fully saturated rings. The molecule has 0 radical (unpaired) electrons. The van der Waals surface area contributed by atoms with Crippen molar-refractivity contribution in [2.24, 2.45) is 0 Å². The van der Waals surface area contributed by atoms with Crippen molar-refractivity contribution >= 4 is 11.8 Å². The number of carbonyl (C=O) groups excluding carboxylic acids is 1. The zero-order chi connectivity index (χ0) is 15.5. The van der Waals surface area contributed by atoms with Crippen LogP contribution in [0, 0.1) is 0 Å². The van der Waals surface area contributed by atoms with Crippen molar-refractivity contribution in [3.63, 3.8) is 0 Å². The summed E-state index contributed by atoms with van der Waals surface area (Å²) >= 11 is 0. The number of piperidine rings is 1. The van der Waals surface area contributed by atoms with Gasteiger partial charge >= 0.3 is 12.3 Å². The zero-order valence-electron chi connectivity index (χ0n) is 11.6. The Morgan fingerprint density at radius 3 is 2.57 bits per heavy atom. The van der Waals surface area contributed by atoms with Gasteiger partial charge in [0.05, 0.1) is 5.56 Å². The molecule has 1 aromatic carbocycles. The molecular weight excluding hydrogens is 285 g/mol. The Hall–Kier alpha value is -1.76. The third-order valence-electron chi connectivity index (χ3n) is 3.31. The van der Waals surface area contributed by atoms with Gasteiger partial charge in [0.15, 0.2) is 0 Å². The van der Waals surface area contributed by atoms with E-state index in [1.165, 1.54) is 12.1 Å². The van der Waals surface area contributed by atoms with E-state index in [-0.39, 0.29) is 11.8 Å². The van der Waals surface area contributed by atoms with Gasteiger partial charge in [0, 0.05) is 12.2 Å². The van der Waals surface area contributed by atoms with Gasteiger partial charge in [-0.05, 0) is 50.7 Å². The van der Waals surface area contributed by atoms with E-state index in [0.717, 1.165) is 31.5 Å². The van der Waals surface area contributed by atoms with Gasteiger partial charge in [-0.25, -0.2) is 4.79 Å². The normalized spacial score (nSPS) is 20.1. The number of carbonyl (C=O) groups is 1.